The van der Waals surface area contributed by atoms with Gasteiger partial charge in [0, 0.05) is 24.8 Å². The molecule has 0 spiro atoms. The van der Waals surface area contributed by atoms with E-state index in [4.69, 9.17) is 0 Å². The van der Waals surface area contributed by atoms with Crippen LogP contribution >= 0.6 is 15.9 Å². The van der Waals surface area contributed by atoms with Crippen LogP contribution in [0.3, 0.4) is 0 Å². The van der Waals surface area contributed by atoms with E-state index in [0.717, 1.165) is 23.7 Å². The van der Waals surface area contributed by atoms with E-state index in [9.17, 15) is 9.18 Å². The van der Waals surface area contributed by atoms with E-state index in [1.54, 1.807) is 11.0 Å². The maximum Gasteiger partial charge on any atom is 0.222 e. The van der Waals surface area contributed by atoms with Gasteiger partial charge in [0.15, 0.2) is 0 Å². The molecule has 0 saturated heterocycles. The Balaban J connectivity index is 2.53. The summed E-state index contributed by atoms with van der Waals surface area (Å²) in [6.07, 6.45) is 2.46. The first-order chi connectivity index (χ1) is 8.67. The minimum absolute atomic E-state index is 0.141. The van der Waals surface area contributed by atoms with Crippen molar-refractivity contribution in [3.8, 4) is 0 Å². The molecule has 1 amide bonds. The molecule has 1 rings (SSSR count). The third-order valence-corrected chi connectivity index (χ3v) is 3.33. The number of carbonyl (C=O) groups excluding carboxylic acids is 1. The van der Waals surface area contributed by atoms with Crippen LogP contribution in [0.1, 0.15) is 31.7 Å². The van der Waals surface area contributed by atoms with Gasteiger partial charge >= 0.3 is 0 Å². The zero-order chi connectivity index (χ0) is 13.4. The lowest BCUT2D eigenvalue weighted by atomic mass is 10.2. The first-order valence-electron chi connectivity index (χ1n) is 6.25. The van der Waals surface area contributed by atoms with Gasteiger partial charge < -0.3 is 4.90 Å². The molecule has 0 unspecified atom stereocenters. The number of carbonyl (C=O) groups is 1. The van der Waals surface area contributed by atoms with E-state index in [0.29, 0.717) is 19.5 Å². The summed E-state index contributed by atoms with van der Waals surface area (Å²) < 4.78 is 13.1. The highest BCUT2D eigenvalue weighted by Gasteiger charge is 2.11. The summed E-state index contributed by atoms with van der Waals surface area (Å²) >= 11 is 3.35. The lowest BCUT2D eigenvalue weighted by Crippen LogP contribution is -2.30. The number of hydrogen-bond donors (Lipinski definition) is 0. The maximum absolute atomic E-state index is 13.1. The first-order valence-corrected chi connectivity index (χ1v) is 7.37. The second kappa shape index (κ2) is 8.25. The summed E-state index contributed by atoms with van der Waals surface area (Å²) in [7, 11) is 0. The summed E-state index contributed by atoms with van der Waals surface area (Å²) in [6.45, 7) is 3.09. The molecule has 1 aromatic rings. The van der Waals surface area contributed by atoms with Crippen LogP contribution in [0.5, 0.6) is 0 Å². The standard InChI is InChI=1S/C14H19BrFNO/c1-2-17(14(18)8-3-4-9-15)11-12-6-5-7-13(16)10-12/h5-7,10H,2-4,8-9,11H2,1H3. The molecule has 0 N–H and O–H groups in total. The Hall–Kier alpha value is -0.900. The van der Waals surface area contributed by atoms with Gasteiger partial charge in [-0.2, -0.15) is 0 Å². The number of unbranched alkanes of at least 4 members (excludes halogenated alkanes) is 1. The molecule has 0 aliphatic rings. The molecule has 0 radical (unpaired) electrons. The monoisotopic (exact) mass is 315 g/mol. The summed E-state index contributed by atoms with van der Waals surface area (Å²) in [4.78, 5) is 13.7. The van der Waals surface area contributed by atoms with Gasteiger partial charge in [0.25, 0.3) is 0 Å². The number of hydrogen-bond acceptors (Lipinski definition) is 1. The Morgan fingerprint density at radius 1 is 1.39 bits per heavy atom. The molecule has 0 bridgehead atoms. The molecule has 4 heteroatoms. The largest absolute Gasteiger partial charge is 0.339 e. The third kappa shape index (κ3) is 5.17. The van der Waals surface area contributed by atoms with E-state index >= 15 is 0 Å². The first kappa shape index (κ1) is 15.2. The molecule has 0 aromatic heterocycles. The second-order valence-electron chi connectivity index (χ2n) is 4.18. The molecule has 1 aromatic carbocycles. The lowest BCUT2D eigenvalue weighted by Gasteiger charge is -2.21. The molecule has 0 saturated carbocycles. The van der Waals surface area contributed by atoms with E-state index in [-0.39, 0.29) is 11.7 Å². The number of nitrogens with zero attached hydrogens (tertiary/aromatic N) is 1. The highest BCUT2D eigenvalue weighted by atomic mass is 79.9. The SMILES string of the molecule is CCN(Cc1cccc(F)c1)C(=O)CCCCBr. The topological polar surface area (TPSA) is 20.3 Å². The molecule has 0 fully saturated rings. The Kier molecular flexibility index (Phi) is 6.94. The minimum Gasteiger partial charge on any atom is -0.339 e. The average Bonchev–Trinajstić information content (AvgIpc) is 2.36. The van der Waals surface area contributed by atoms with Gasteiger partial charge in [0.2, 0.25) is 5.91 Å². The summed E-state index contributed by atoms with van der Waals surface area (Å²) in [5.41, 5.74) is 0.839. The van der Waals surface area contributed by atoms with Crippen molar-refractivity contribution in [2.45, 2.75) is 32.7 Å². The maximum atomic E-state index is 13.1. The van der Waals surface area contributed by atoms with Gasteiger partial charge in [-0.25, -0.2) is 4.39 Å². The van der Waals surface area contributed by atoms with Crippen molar-refractivity contribution in [3.63, 3.8) is 0 Å². The Bertz CT molecular complexity index is 384. The summed E-state index contributed by atoms with van der Waals surface area (Å²) in [5, 5.41) is 0.927. The molecular weight excluding hydrogens is 297 g/mol. The zero-order valence-electron chi connectivity index (χ0n) is 10.7. The minimum atomic E-state index is -0.254. The molecule has 0 aliphatic carbocycles. The zero-order valence-corrected chi connectivity index (χ0v) is 12.2. The van der Waals surface area contributed by atoms with E-state index in [1.165, 1.54) is 12.1 Å². The molecular formula is C14H19BrFNO. The highest BCUT2D eigenvalue weighted by molar-refractivity contribution is 9.09. The normalized spacial score (nSPS) is 10.4. The fourth-order valence-corrected chi connectivity index (χ4v) is 2.16. The van der Waals surface area contributed by atoms with Crippen molar-refractivity contribution in [2.24, 2.45) is 0 Å². The Morgan fingerprint density at radius 3 is 2.78 bits per heavy atom. The number of halogens is 2. The van der Waals surface area contributed by atoms with Crippen molar-refractivity contribution in [3.05, 3.63) is 35.6 Å². The van der Waals surface area contributed by atoms with Crippen LogP contribution in [-0.2, 0) is 11.3 Å². The summed E-state index contributed by atoms with van der Waals surface area (Å²) in [6, 6.07) is 6.41. The smallest absolute Gasteiger partial charge is 0.222 e. The second-order valence-corrected chi connectivity index (χ2v) is 4.98. The molecule has 0 aliphatic heterocycles. The number of rotatable bonds is 7. The van der Waals surface area contributed by atoms with Crippen LogP contribution in [-0.4, -0.2) is 22.7 Å². The van der Waals surface area contributed by atoms with Gasteiger partial charge in [-0.1, -0.05) is 28.1 Å². The van der Waals surface area contributed by atoms with Gasteiger partial charge in [-0.3, -0.25) is 4.79 Å². The Morgan fingerprint density at radius 2 is 2.17 bits per heavy atom. The average molecular weight is 316 g/mol. The van der Waals surface area contributed by atoms with Gasteiger partial charge in [-0.15, -0.1) is 0 Å². The van der Waals surface area contributed by atoms with Crippen LogP contribution in [0, 0.1) is 5.82 Å². The highest BCUT2D eigenvalue weighted by Crippen LogP contribution is 2.10. The molecule has 0 atom stereocenters. The lowest BCUT2D eigenvalue weighted by molar-refractivity contribution is -0.131. The van der Waals surface area contributed by atoms with Crippen LogP contribution < -0.4 is 0 Å². The summed E-state index contributed by atoms with van der Waals surface area (Å²) in [5.74, 6) is -0.113. The Labute approximate surface area is 116 Å². The fraction of sp³-hybridized carbons (Fsp3) is 0.500. The van der Waals surface area contributed by atoms with E-state index in [2.05, 4.69) is 15.9 Å². The van der Waals surface area contributed by atoms with Gasteiger partial charge in [0.1, 0.15) is 5.82 Å². The van der Waals surface area contributed by atoms with Crippen molar-refractivity contribution < 1.29 is 9.18 Å². The van der Waals surface area contributed by atoms with E-state index < -0.39 is 0 Å². The van der Waals surface area contributed by atoms with Crippen LogP contribution in [0.25, 0.3) is 0 Å². The van der Waals surface area contributed by atoms with E-state index in [1.807, 2.05) is 13.0 Å². The number of amides is 1. The predicted molar refractivity (Wildman–Crippen MR) is 75.1 cm³/mol. The van der Waals surface area contributed by atoms with Crippen LogP contribution in [0.2, 0.25) is 0 Å². The van der Waals surface area contributed by atoms with Crippen molar-refractivity contribution in [2.75, 3.05) is 11.9 Å². The van der Waals surface area contributed by atoms with Gasteiger partial charge in [-0.05, 0) is 37.5 Å². The van der Waals surface area contributed by atoms with Crippen LogP contribution in [0.15, 0.2) is 24.3 Å². The predicted octanol–water partition coefficient (Wildman–Crippen LogP) is 3.74. The third-order valence-electron chi connectivity index (χ3n) is 2.77. The molecule has 18 heavy (non-hydrogen) atoms. The molecule has 0 heterocycles. The fourth-order valence-electron chi connectivity index (χ4n) is 1.76. The molecule has 2 nitrogen and oxygen atoms in total. The number of benzene rings is 1. The van der Waals surface area contributed by atoms with Crippen LogP contribution in [0.4, 0.5) is 4.39 Å². The molecule has 100 valence electrons. The number of alkyl halides is 1. The quantitative estimate of drug-likeness (QED) is 0.554. The van der Waals surface area contributed by atoms with Crippen molar-refractivity contribution >= 4 is 21.8 Å². The van der Waals surface area contributed by atoms with Gasteiger partial charge in [0.05, 0.1) is 0 Å². The van der Waals surface area contributed by atoms with Crippen molar-refractivity contribution in [1.82, 2.24) is 4.90 Å². The van der Waals surface area contributed by atoms with Crippen molar-refractivity contribution in [1.29, 1.82) is 0 Å².